The van der Waals surface area contributed by atoms with Gasteiger partial charge in [-0.05, 0) is 72.4 Å². The molecule has 0 aliphatic carbocycles. The van der Waals surface area contributed by atoms with Gasteiger partial charge in [-0.15, -0.1) is 0 Å². The largest absolute Gasteiger partial charge is 0.495 e. The maximum Gasteiger partial charge on any atom is 0.253 e. The molecule has 1 amide bonds. The number of likely N-dealkylation sites (tertiary alicyclic amines) is 1. The average Bonchev–Trinajstić information content (AvgIpc) is 3.36. The van der Waals surface area contributed by atoms with E-state index in [0.717, 1.165) is 48.4 Å². The van der Waals surface area contributed by atoms with Crippen molar-refractivity contribution in [3.8, 4) is 5.75 Å². The zero-order valence-corrected chi connectivity index (χ0v) is 19.3. The minimum atomic E-state index is 0.0664. The Bertz CT molecular complexity index is 1290. The fraction of sp³-hybridized carbons (Fsp3) is 0.250. The van der Waals surface area contributed by atoms with Crippen LogP contribution in [0.1, 0.15) is 27.9 Å². The Morgan fingerprint density at radius 3 is 2.82 bits per heavy atom. The lowest BCUT2D eigenvalue weighted by Gasteiger charge is -2.19. The van der Waals surface area contributed by atoms with E-state index >= 15 is 0 Å². The van der Waals surface area contributed by atoms with Crippen LogP contribution in [0.25, 0.3) is 10.9 Å². The first kappa shape index (κ1) is 21.9. The van der Waals surface area contributed by atoms with Gasteiger partial charge in [0.15, 0.2) is 0 Å². The van der Waals surface area contributed by atoms with Crippen molar-refractivity contribution >= 4 is 22.5 Å². The van der Waals surface area contributed by atoms with Gasteiger partial charge in [0.2, 0.25) is 0 Å². The maximum absolute atomic E-state index is 13.3. The number of nitrogens with zero attached hydrogens (tertiary/aromatic N) is 3. The summed E-state index contributed by atoms with van der Waals surface area (Å²) in [6, 6.07) is 19.9. The van der Waals surface area contributed by atoms with E-state index in [9.17, 15) is 4.79 Å². The van der Waals surface area contributed by atoms with E-state index in [0.29, 0.717) is 18.0 Å². The number of anilines is 1. The Kier molecular flexibility index (Phi) is 6.38. The smallest absolute Gasteiger partial charge is 0.253 e. The molecule has 0 spiro atoms. The van der Waals surface area contributed by atoms with E-state index in [1.54, 1.807) is 19.5 Å². The Labute approximate surface area is 199 Å². The summed E-state index contributed by atoms with van der Waals surface area (Å²) in [5.74, 6) is 1.23. The summed E-state index contributed by atoms with van der Waals surface area (Å²) in [5.41, 5.74) is 4.92. The van der Waals surface area contributed by atoms with Gasteiger partial charge >= 0.3 is 0 Å². The fourth-order valence-corrected chi connectivity index (χ4v) is 4.70. The van der Waals surface area contributed by atoms with Crippen molar-refractivity contribution in [2.75, 3.05) is 25.5 Å². The monoisotopic (exact) mass is 452 g/mol. The molecule has 5 rings (SSSR count). The summed E-state index contributed by atoms with van der Waals surface area (Å²) in [5, 5.41) is 4.60. The number of hydrogen-bond acceptors (Lipinski definition) is 5. The van der Waals surface area contributed by atoms with Crippen LogP contribution in [0.5, 0.6) is 5.75 Å². The Morgan fingerprint density at radius 1 is 1.09 bits per heavy atom. The van der Waals surface area contributed by atoms with Crippen molar-refractivity contribution in [1.29, 1.82) is 0 Å². The number of hydrogen-bond donors (Lipinski definition) is 1. The third kappa shape index (κ3) is 4.71. The van der Waals surface area contributed by atoms with E-state index in [-0.39, 0.29) is 5.91 Å². The molecule has 1 saturated heterocycles. The molecule has 4 aromatic rings. The summed E-state index contributed by atoms with van der Waals surface area (Å²) < 4.78 is 5.51. The molecule has 34 heavy (non-hydrogen) atoms. The van der Waals surface area contributed by atoms with Gasteiger partial charge in [-0.3, -0.25) is 14.8 Å². The number of ether oxygens (including phenoxy) is 1. The summed E-state index contributed by atoms with van der Waals surface area (Å²) in [6.45, 7) is 2.17. The quantitative estimate of drug-likeness (QED) is 0.430. The molecule has 6 nitrogen and oxygen atoms in total. The molecule has 1 N–H and O–H groups in total. The highest BCUT2D eigenvalue weighted by molar-refractivity contribution is 5.96. The third-order valence-corrected chi connectivity index (χ3v) is 6.50. The number of benzene rings is 2. The number of amides is 1. The van der Waals surface area contributed by atoms with Crippen LogP contribution in [0.3, 0.4) is 0 Å². The lowest BCUT2D eigenvalue weighted by atomic mass is 9.96. The van der Waals surface area contributed by atoms with Gasteiger partial charge < -0.3 is 15.0 Å². The first-order valence-corrected chi connectivity index (χ1v) is 11.6. The van der Waals surface area contributed by atoms with Crippen molar-refractivity contribution in [3.05, 3.63) is 95.9 Å². The Hall–Kier alpha value is -3.93. The second-order valence-corrected chi connectivity index (χ2v) is 8.72. The van der Waals surface area contributed by atoms with Crippen molar-refractivity contribution in [3.63, 3.8) is 0 Å². The van der Waals surface area contributed by atoms with Gasteiger partial charge in [0.25, 0.3) is 5.91 Å². The molecule has 6 heteroatoms. The highest BCUT2D eigenvalue weighted by Gasteiger charge is 2.28. The van der Waals surface area contributed by atoms with E-state index in [1.165, 1.54) is 10.9 Å². The molecule has 1 unspecified atom stereocenters. The molecule has 2 aromatic carbocycles. The Morgan fingerprint density at radius 2 is 1.97 bits per heavy atom. The first-order chi connectivity index (χ1) is 16.7. The summed E-state index contributed by atoms with van der Waals surface area (Å²) in [6.07, 6.45) is 7.33. The molecular formula is C28H28N4O2. The second kappa shape index (κ2) is 9.91. The molecule has 1 fully saturated rings. The second-order valence-electron chi connectivity index (χ2n) is 8.72. The van der Waals surface area contributed by atoms with Crippen molar-refractivity contribution < 1.29 is 9.53 Å². The molecule has 0 bridgehead atoms. The number of aromatic nitrogens is 2. The first-order valence-electron chi connectivity index (χ1n) is 11.6. The summed E-state index contributed by atoms with van der Waals surface area (Å²) in [7, 11) is 1.64. The molecule has 2 aromatic heterocycles. The van der Waals surface area contributed by atoms with E-state index < -0.39 is 0 Å². The van der Waals surface area contributed by atoms with Gasteiger partial charge in [0.05, 0.1) is 18.3 Å². The van der Waals surface area contributed by atoms with Crippen LogP contribution in [-0.4, -0.2) is 41.0 Å². The predicted octanol–water partition coefficient (Wildman–Crippen LogP) is 4.96. The maximum atomic E-state index is 13.3. The zero-order valence-electron chi connectivity index (χ0n) is 19.3. The number of fused-ring (bicyclic) bond motifs is 1. The molecule has 3 heterocycles. The van der Waals surface area contributed by atoms with Crippen LogP contribution in [-0.2, 0) is 13.0 Å². The number of pyridine rings is 2. The van der Waals surface area contributed by atoms with E-state index in [4.69, 9.17) is 4.74 Å². The van der Waals surface area contributed by atoms with Crippen LogP contribution in [0.4, 0.5) is 5.69 Å². The Balaban J connectivity index is 1.27. The number of carbonyl (C=O) groups excluding carboxylic acids is 1. The normalized spacial score (nSPS) is 15.4. The lowest BCUT2D eigenvalue weighted by molar-refractivity contribution is 0.0787. The molecule has 1 atom stereocenters. The molecule has 1 aliphatic rings. The van der Waals surface area contributed by atoms with Crippen LogP contribution in [0, 0.1) is 5.92 Å². The van der Waals surface area contributed by atoms with Crippen LogP contribution in [0.15, 0.2) is 79.3 Å². The summed E-state index contributed by atoms with van der Waals surface area (Å²) in [4.78, 5) is 23.8. The number of methoxy groups -OCH3 is 1. The highest BCUT2D eigenvalue weighted by atomic mass is 16.5. The molecule has 0 saturated carbocycles. The van der Waals surface area contributed by atoms with Crippen molar-refractivity contribution in [1.82, 2.24) is 14.9 Å². The number of carbonyl (C=O) groups is 1. The standard InChI is InChI=1S/C28H28N4O2/c1-34-27-8-7-23(17-26(27)31-18-20-9-13-29-14-10-20)28(33)32-15-11-21(19-32)16-22-4-2-6-25-24(22)5-3-12-30-25/h2-10,12-14,17,21,31H,11,15-16,18-19H2,1H3. The minimum Gasteiger partial charge on any atom is -0.495 e. The zero-order chi connectivity index (χ0) is 23.3. The highest BCUT2D eigenvalue weighted by Crippen LogP contribution is 2.29. The van der Waals surface area contributed by atoms with Crippen molar-refractivity contribution in [2.24, 2.45) is 5.92 Å². The van der Waals surface area contributed by atoms with Gasteiger partial charge in [-0.25, -0.2) is 0 Å². The van der Waals surface area contributed by atoms with E-state index in [2.05, 4.69) is 33.5 Å². The fourth-order valence-electron chi connectivity index (χ4n) is 4.70. The van der Waals surface area contributed by atoms with Crippen LogP contribution in [0.2, 0.25) is 0 Å². The van der Waals surface area contributed by atoms with Gasteiger partial charge in [-0.1, -0.05) is 18.2 Å². The third-order valence-electron chi connectivity index (χ3n) is 6.50. The average molecular weight is 453 g/mol. The van der Waals surface area contributed by atoms with Gasteiger partial charge in [0, 0.05) is 49.2 Å². The molecule has 0 radical (unpaired) electrons. The van der Waals surface area contributed by atoms with Gasteiger partial charge in [-0.2, -0.15) is 0 Å². The lowest BCUT2D eigenvalue weighted by Crippen LogP contribution is -2.29. The predicted molar refractivity (Wildman–Crippen MR) is 134 cm³/mol. The number of nitrogens with one attached hydrogen (secondary N) is 1. The molecular weight excluding hydrogens is 424 g/mol. The van der Waals surface area contributed by atoms with Crippen molar-refractivity contribution in [2.45, 2.75) is 19.4 Å². The van der Waals surface area contributed by atoms with Crippen LogP contribution < -0.4 is 10.1 Å². The van der Waals surface area contributed by atoms with E-state index in [1.807, 2.05) is 53.6 Å². The van der Waals surface area contributed by atoms with Crippen LogP contribution >= 0.6 is 0 Å². The van der Waals surface area contributed by atoms with Gasteiger partial charge in [0.1, 0.15) is 5.75 Å². The SMILES string of the molecule is COc1ccc(C(=O)N2CCC(Cc3cccc4ncccc34)C2)cc1NCc1ccncc1. The molecule has 172 valence electrons. The molecule has 1 aliphatic heterocycles. The number of rotatable bonds is 7. The summed E-state index contributed by atoms with van der Waals surface area (Å²) >= 11 is 0. The minimum absolute atomic E-state index is 0.0664. The topological polar surface area (TPSA) is 67.3 Å².